The van der Waals surface area contributed by atoms with Gasteiger partial charge in [0.2, 0.25) is 0 Å². The minimum atomic E-state index is -0.571. The molecule has 4 atom stereocenters. The third-order valence-corrected chi connectivity index (χ3v) is 6.08. The molecule has 2 saturated carbocycles. The first-order valence-electron chi connectivity index (χ1n) is 8.18. The molecular weight excluding hydrogens is 262 g/mol. The van der Waals surface area contributed by atoms with E-state index >= 15 is 0 Å². The van der Waals surface area contributed by atoms with E-state index in [4.69, 9.17) is 0 Å². The van der Waals surface area contributed by atoms with Gasteiger partial charge >= 0.3 is 5.97 Å². The first kappa shape index (κ1) is 13.3. The molecule has 0 amide bonds. The van der Waals surface area contributed by atoms with Crippen molar-refractivity contribution in [2.24, 2.45) is 23.2 Å². The van der Waals surface area contributed by atoms with Crippen LogP contribution in [0.4, 0.5) is 0 Å². The fraction of sp³-hybridized carbons (Fsp3) is 0.611. The zero-order valence-electron chi connectivity index (χ0n) is 12.4. The van der Waals surface area contributed by atoms with Crippen molar-refractivity contribution in [1.29, 1.82) is 0 Å². The summed E-state index contributed by atoms with van der Waals surface area (Å²) in [6.07, 6.45) is 4.96. The lowest BCUT2D eigenvalue weighted by Crippen LogP contribution is -2.39. The molecule has 0 aromatic heterocycles. The van der Waals surface area contributed by atoms with Crippen molar-refractivity contribution < 1.29 is 9.90 Å². The summed E-state index contributed by atoms with van der Waals surface area (Å²) in [6.45, 7) is 2.61. The van der Waals surface area contributed by atoms with Gasteiger partial charge in [-0.1, -0.05) is 43.2 Å². The molecule has 4 unspecified atom stereocenters. The van der Waals surface area contributed by atoms with Crippen LogP contribution >= 0.6 is 0 Å². The number of rotatable bonds is 3. The Morgan fingerprint density at radius 2 is 2.14 bits per heavy atom. The Hall–Kier alpha value is -1.35. The molecule has 4 rings (SSSR count). The van der Waals surface area contributed by atoms with Gasteiger partial charge < -0.3 is 5.11 Å². The number of hydrogen-bond donors (Lipinski definition) is 1. The zero-order valence-corrected chi connectivity index (χ0v) is 12.4. The number of hydrogen-bond acceptors (Lipinski definition) is 2. The first-order chi connectivity index (χ1) is 10.2. The summed E-state index contributed by atoms with van der Waals surface area (Å²) in [4.78, 5) is 14.2. The van der Waals surface area contributed by atoms with Gasteiger partial charge in [0.15, 0.2) is 0 Å². The van der Waals surface area contributed by atoms with Crippen molar-refractivity contribution in [2.75, 3.05) is 13.1 Å². The first-order valence-corrected chi connectivity index (χ1v) is 8.18. The Bertz CT molecular complexity index is 543. The normalized spacial score (nSPS) is 38.4. The van der Waals surface area contributed by atoms with Crippen LogP contribution in [0.25, 0.3) is 0 Å². The monoisotopic (exact) mass is 285 g/mol. The van der Waals surface area contributed by atoms with Crippen molar-refractivity contribution in [3.63, 3.8) is 0 Å². The van der Waals surface area contributed by atoms with Gasteiger partial charge in [-0.25, -0.2) is 0 Å². The van der Waals surface area contributed by atoms with E-state index in [1.54, 1.807) is 0 Å². The molecule has 21 heavy (non-hydrogen) atoms. The molecule has 3 heteroatoms. The van der Waals surface area contributed by atoms with Crippen molar-refractivity contribution in [1.82, 2.24) is 4.90 Å². The predicted molar refractivity (Wildman–Crippen MR) is 80.7 cm³/mol. The number of likely N-dealkylation sites (tertiary alicyclic amines) is 1. The van der Waals surface area contributed by atoms with Gasteiger partial charge in [0.25, 0.3) is 0 Å². The lowest BCUT2D eigenvalue weighted by molar-refractivity contribution is -0.146. The van der Waals surface area contributed by atoms with E-state index in [0.29, 0.717) is 5.92 Å². The van der Waals surface area contributed by atoms with Crippen molar-refractivity contribution >= 4 is 5.97 Å². The van der Waals surface area contributed by atoms with Crippen LogP contribution in [0.3, 0.4) is 0 Å². The van der Waals surface area contributed by atoms with Crippen LogP contribution in [0, 0.1) is 23.2 Å². The lowest BCUT2D eigenvalue weighted by Gasteiger charge is -2.36. The van der Waals surface area contributed by atoms with E-state index < -0.39 is 5.97 Å². The Kier molecular flexibility index (Phi) is 3.07. The van der Waals surface area contributed by atoms with Crippen LogP contribution in [0.5, 0.6) is 0 Å². The second-order valence-corrected chi connectivity index (χ2v) is 7.27. The number of carbonyl (C=O) groups is 1. The predicted octanol–water partition coefficient (Wildman–Crippen LogP) is 3.01. The Morgan fingerprint density at radius 1 is 1.33 bits per heavy atom. The highest BCUT2D eigenvalue weighted by Gasteiger charge is 2.62. The highest BCUT2D eigenvalue weighted by molar-refractivity contribution is 5.72. The number of nitrogens with zero attached hydrogens (tertiary/aromatic N) is 1. The largest absolute Gasteiger partial charge is 0.481 e. The van der Waals surface area contributed by atoms with Crippen LogP contribution < -0.4 is 0 Å². The van der Waals surface area contributed by atoms with Gasteiger partial charge in [-0.15, -0.1) is 0 Å². The smallest absolute Gasteiger partial charge is 0.308 e. The molecule has 0 radical (unpaired) electrons. The second kappa shape index (κ2) is 4.84. The maximum atomic E-state index is 11.8. The maximum Gasteiger partial charge on any atom is 0.308 e. The highest BCUT2D eigenvalue weighted by Crippen LogP contribution is 2.64. The summed E-state index contributed by atoms with van der Waals surface area (Å²) in [7, 11) is 0. The Morgan fingerprint density at radius 3 is 2.90 bits per heavy atom. The van der Waals surface area contributed by atoms with E-state index in [0.717, 1.165) is 32.0 Å². The average molecular weight is 285 g/mol. The Balaban J connectivity index is 1.56. The molecule has 1 spiro atoms. The summed E-state index contributed by atoms with van der Waals surface area (Å²) in [6, 6.07) is 10.4. The topological polar surface area (TPSA) is 40.5 Å². The summed E-state index contributed by atoms with van der Waals surface area (Å²) in [5.74, 6) is 0.792. The summed E-state index contributed by atoms with van der Waals surface area (Å²) in [5, 5.41) is 9.72. The summed E-state index contributed by atoms with van der Waals surface area (Å²) in [5.41, 5.74) is 1.37. The zero-order chi connectivity index (χ0) is 14.4. The molecule has 1 aromatic carbocycles. The van der Waals surface area contributed by atoms with E-state index in [1.165, 1.54) is 24.8 Å². The van der Waals surface area contributed by atoms with Crippen LogP contribution in [0.1, 0.15) is 31.2 Å². The molecule has 2 aliphatic carbocycles. The fourth-order valence-electron chi connectivity index (χ4n) is 5.10. The van der Waals surface area contributed by atoms with Gasteiger partial charge in [0.05, 0.1) is 5.92 Å². The number of fused-ring (bicyclic) bond motifs is 2. The minimum Gasteiger partial charge on any atom is -0.481 e. The van der Waals surface area contributed by atoms with Crippen molar-refractivity contribution in [3.8, 4) is 0 Å². The standard InChI is InChI=1S/C18H23NO2/c20-17(21)16-11-19(10-13-5-2-1-3-6-13)12-18(16)8-4-7-14-9-15(14)18/h1-3,5-6,14-16H,4,7-12H2,(H,20,21). The van der Waals surface area contributed by atoms with Crippen LogP contribution in [-0.2, 0) is 11.3 Å². The molecule has 1 heterocycles. The van der Waals surface area contributed by atoms with Crippen LogP contribution in [-0.4, -0.2) is 29.1 Å². The van der Waals surface area contributed by atoms with E-state index in [-0.39, 0.29) is 11.3 Å². The molecule has 0 bridgehead atoms. The quantitative estimate of drug-likeness (QED) is 0.928. The fourth-order valence-corrected chi connectivity index (χ4v) is 5.10. The van der Waals surface area contributed by atoms with Crippen LogP contribution in [0.2, 0.25) is 0 Å². The van der Waals surface area contributed by atoms with Gasteiger partial charge in [0.1, 0.15) is 0 Å². The number of carboxylic acid groups (broad SMARTS) is 1. The van der Waals surface area contributed by atoms with Crippen molar-refractivity contribution in [2.45, 2.75) is 32.2 Å². The molecule has 1 saturated heterocycles. The van der Waals surface area contributed by atoms with Gasteiger partial charge in [-0.3, -0.25) is 9.69 Å². The highest BCUT2D eigenvalue weighted by atomic mass is 16.4. The van der Waals surface area contributed by atoms with Crippen LogP contribution in [0.15, 0.2) is 30.3 Å². The van der Waals surface area contributed by atoms with Gasteiger partial charge in [-0.2, -0.15) is 0 Å². The number of carboxylic acids is 1. The van der Waals surface area contributed by atoms with Crippen molar-refractivity contribution in [3.05, 3.63) is 35.9 Å². The van der Waals surface area contributed by atoms with E-state index in [1.807, 2.05) is 6.07 Å². The minimum absolute atomic E-state index is 0.0729. The average Bonchev–Trinajstić information content (AvgIpc) is 3.19. The third kappa shape index (κ3) is 2.18. The van der Waals surface area contributed by atoms with E-state index in [2.05, 4.69) is 29.2 Å². The lowest BCUT2D eigenvalue weighted by atomic mass is 9.67. The third-order valence-electron chi connectivity index (χ3n) is 6.08. The summed E-state index contributed by atoms with van der Waals surface area (Å²) >= 11 is 0. The summed E-state index contributed by atoms with van der Waals surface area (Å²) < 4.78 is 0. The molecule has 112 valence electrons. The molecule has 3 fully saturated rings. The van der Waals surface area contributed by atoms with Gasteiger partial charge in [-0.05, 0) is 30.2 Å². The second-order valence-electron chi connectivity index (χ2n) is 7.27. The molecule has 1 N–H and O–H groups in total. The molecule has 1 aliphatic heterocycles. The molecular formula is C18H23NO2. The molecule has 3 nitrogen and oxygen atoms in total. The SMILES string of the molecule is O=C(O)C1CN(Cc2ccccc2)CC12CCCC1CC12. The Labute approximate surface area is 126 Å². The number of benzene rings is 1. The molecule has 1 aromatic rings. The maximum absolute atomic E-state index is 11.8. The number of aliphatic carboxylic acids is 1. The van der Waals surface area contributed by atoms with Gasteiger partial charge in [0, 0.05) is 25.0 Å². The van der Waals surface area contributed by atoms with E-state index in [9.17, 15) is 9.90 Å². The molecule has 3 aliphatic rings.